The zero-order chi connectivity index (χ0) is 15.5. The average molecular weight is 318 g/mol. The van der Waals surface area contributed by atoms with Crippen LogP contribution in [0.5, 0.6) is 0 Å². The molecule has 1 aromatic carbocycles. The molecule has 0 aliphatic carbocycles. The van der Waals surface area contributed by atoms with E-state index in [1.807, 2.05) is 4.90 Å². The Morgan fingerprint density at radius 2 is 1.95 bits per heavy atom. The molecule has 6 nitrogen and oxygen atoms in total. The molecule has 2 aliphatic rings. The third kappa shape index (κ3) is 3.20. The zero-order valence-electron chi connectivity index (χ0n) is 11.7. The molecule has 0 saturated carbocycles. The molecule has 2 aliphatic heterocycles. The Labute approximate surface area is 131 Å². The summed E-state index contributed by atoms with van der Waals surface area (Å²) in [6.07, 6.45) is 1.73. The van der Waals surface area contributed by atoms with Crippen molar-refractivity contribution in [3.05, 3.63) is 40.3 Å². The van der Waals surface area contributed by atoms with Crippen molar-refractivity contribution < 1.29 is 19.4 Å². The maximum Gasteiger partial charge on any atom is 0.335 e. The number of ether oxygens (including phenoxy) is 1. The Kier molecular flexibility index (Phi) is 4.26. The first-order chi connectivity index (χ1) is 10.6. The fraction of sp³-hybridized carbons (Fsp3) is 0.267. The number of thioether (sulfide) groups is 1. The van der Waals surface area contributed by atoms with Crippen LogP contribution in [0.4, 0.5) is 0 Å². The Balaban J connectivity index is 1.73. The van der Waals surface area contributed by atoms with E-state index in [0.717, 1.165) is 18.7 Å². The number of carboxylic acids is 1. The van der Waals surface area contributed by atoms with E-state index in [-0.39, 0.29) is 11.5 Å². The van der Waals surface area contributed by atoms with Crippen molar-refractivity contribution in [3.63, 3.8) is 0 Å². The molecule has 0 radical (unpaired) electrons. The number of aromatic carboxylic acids is 1. The predicted octanol–water partition coefficient (Wildman–Crippen LogP) is 1.69. The number of carbonyl (C=O) groups excluding carboxylic acids is 1. The largest absolute Gasteiger partial charge is 0.478 e. The fourth-order valence-corrected chi connectivity index (χ4v) is 3.13. The molecule has 0 spiro atoms. The molecule has 1 saturated heterocycles. The number of hydrogen-bond donors (Lipinski definition) is 1. The summed E-state index contributed by atoms with van der Waals surface area (Å²) in [5.41, 5.74) is 0.997. The molecule has 1 fully saturated rings. The highest BCUT2D eigenvalue weighted by Gasteiger charge is 2.27. The van der Waals surface area contributed by atoms with Crippen molar-refractivity contribution in [3.8, 4) is 0 Å². The lowest BCUT2D eigenvalue weighted by atomic mass is 10.1. The van der Waals surface area contributed by atoms with Crippen molar-refractivity contribution in [1.29, 1.82) is 0 Å². The van der Waals surface area contributed by atoms with Gasteiger partial charge in [0.1, 0.15) is 0 Å². The van der Waals surface area contributed by atoms with E-state index in [9.17, 15) is 9.59 Å². The molecule has 1 N–H and O–H groups in total. The van der Waals surface area contributed by atoms with Crippen LogP contribution in [0, 0.1) is 0 Å². The minimum atomic E-state index is -0.969. The van der Waals surface area contributed by atoms with Gasteiger partial charge >= 0.3 is 5.97 Å². The fourth-order valence-electron chi connectivity index (χ4n) is 2.16. The molecule has 0 unspecified atom stereocenters. The molecule has 0 aromatic heterocycles. The molecular weight excluding hydrogens is 304 g/mol. The number of hydrogen-bond acceptors (Lipinski definition) is 5. The number of benzene rings is 1. The number of rotatable bonds is 2. The summed E-state index contributed by atoms with van der Waals surface area (Å²) in [7, 11) is 0. The number of aliphatic imine (C=N–C) groups is 1. The van der Waals surface area contributed by atoms with Gasteiger partial charge in [-0.25, -0.2) is 4.79 Å². The highest BCUT2D eigenvalue weighted by molar-refractivity contribution is 8.18. The van der Waals surface area contributed by atoms with E-state index >= 15 is 0 Å². The van der Waals surface area contributed by atoms with Crippen molar-refractivity contribution in [2.24, 2.45) is 4.99 Å². The summed E-state index contributed by atoms with van der Waals surface area (Å²) in [6, 6.07) is 6.39. The zero-order valence-corrected chi connectivity index (χ0v) is 12.5. The topological polar surface area (TPSA) is 79.2 Å². The van der Waals surface area contributed by atoms with Crippen LogP contribution in [0.25, 0.3) is 6.08 Å². The van der Waals surface area contributed by atoms with Gasteiger partial charge in [-0.15, -0.1) is 0 Å². The van der Waals surface area contributed by atoms with Crippen LogP contribution < -0.4 is 0 Å². The van der Waals surface area contributed by atoms with E-state index in [4.69, 9.17) is 9.84 Å². The molecular formula is C15H14N2O4S. The van der Waals surface area contributed by atoms with Crippen molar-refractivity contribution in [1.82, 2.24) is 4.90 Å². The van der Waals surface area contributed by atoms with Crippen LogP contribution >= 0.6 is 11.8 Å². The Morgan fingerprint density at radius 1 is 1.27 bits per heavy atom. The number of nitrogens with zero attached hydrogens (tertiary/aromatic N) is 2. The third-order valence-electron chi connectivity index (χ3n) is 3.35. The second-order valence-electron chi connectivity index (χ2n) is 4.84. The van der Waals surface area contributed by atoms with Crippen molar-refractivity contribution in [2.45, 2.75) is 0 Å². The number of amidine groups is 1. The van der Waals surface area contributed by atoms with Crippen LogP contribution in [0.1, 0.15) is 15.9 Å². The molecule has 2 heterocycles. The average Bonchev–Trinajstić information content (AvgIpc) is 2.90. The van der Waals surface area contributed by atoms with Crippen LogP contribution in [0.3, 0.4) is 0 Å². The normalized spacial score (nSPS) is 20.4. The van der Waals surface area contributed by atoms with Crippen LogP contribution in [-0.4, -0.2) is 53.4 Å². The molecule has 7 heteroatoms. The molecule has 3 rings (SSSR count). The van der Waals surface area contributed by atoms with Gasteiger partial charge in [0.05, 0.1) is 23.7 Å². The van der Waals surface area contributed by atoms with Crippen molar-refractivity contribution in [2.75, 3.05) is 26.3 Å². The maximum absolute atomic E-state index is 12.0. The van der Waals surface area contributed by atoms with E-state index < -0.39 is 5.97 Å². The monoisotopic (exact) mass is 318 g/mol. The molecule has 0 atom stereocenters. The first-order valence-electron chi connectivity index (χ1n) is 6.82. The predicted molar refractivity (Wildman–Crippen MR) is 83.8 cm³/mol. The lowest BCUT2D eigenvalue weighted by molar-refractivity contribution is -0.113. The molecule has 1 amide bonds. The minimum absolute atomic E-state index is 0.220. The maximum atomic E-state index is 12.0. The number of morpholine rings is 1. The number of carboxylic acid groups (broad SMARTS) is 1. The Hall–Kier alpha value is -2.12. The van der Waals surface area contributed by atoms with E-state index in [0.29, 0.717) is 23.3 Å². The summed E-state index contributed by atoms with van der Waals surface area (Å²) >= 11 is 1.35. The van der Waals surface area contributed by atoms with Gasteiger partial charge in [0.25, 0.3) is 5.91 Å². The SMILES string of the molecule is O=C1N=C(N2CCOCC2)S/C1=C\c1ccc(C(=O)O)cc1. The minimum Gasteiger partial charge on any atom is -0.478 e. The quantitative estimate of drug-likeness (QED) is 0.836. The van der Waals surface area contributed by atoms with Gasteiger partial charge in [0, 0.05) is 13.1 Å². The van der Waals surface area contributed by atoms with Crippen LogP contribution in [0.15, 0.2) is 34.2 Å². The number of amides is 1. The summed E-state index contributed by atoms with van der Waals surface area (Å²) in [5, 5.41) is 9.58. The Morgan fingerprint density at radius 3 is 2.59 bits per heavy atom. The first-order valence-corrected chi connectivity index (χ1v) is 7.64. The van der Waals surface area contributed by atoms with Gasteiger partial charge in [-0.3, -0.25) is 4.79 Å². The highest BCUT2D eigenvalue weighted by atomic mass is 32.2. The molecule has 1 aromatic rings. The van der Waals surface area contributed by atoms with Crippen LogP contribution in [0.2, 0.25) is 0 Å². The van der Waals surface area contributed by atoms with Gasteiger partial charge < -0.3 is 14.7 Å². The molecule has 22 heavy (non-hydrogen) atoms. The van der Waals surface area contributed by atoms with E-state index in [1.54, 1.807) is 18.2 Å². The van der Waals surface area contributed by atoms with Gasteiger partial charge in [0.2, 0.25) is 0 Å². The Bertz CT molecular complexity index is 661. The summed E-state index contributed by atoms with van der Waals surface area (Å²) in [6.45, 7) is 2.76. The van der Waals surface area contributed by atoms with E-state index in [1.165, 1.54) is 23.9 Å². The highest BCUT2D eigenvalue weighted by Crippen LogP contribution is 2.30. The number of carbonyl (C=O) groups is 2. The van der Waals surface area contributed by atoms with Gasteiger partial charge in [-0.1, -0.05) is 12.1 Å². The standard InChI is InChI=1S/C15H14N2O4S/c18-13-12(9-10-1-3-11(4-2-10)14(19)20)22-15(16-13)17-5-7-21-8-6-17/h1-4,9H,5-8H2,(H,19,20)/b12-9-. The summed E-state index contributed by atoms with van der Waals surface area (Å²) in [4.78, 5) is 29.5. The van der Waals surface area contributed by atoms with Crippen molar-refractivity contribution >= 4 is 34.9 Å². The summed E-state index contributed by atoms with van der Waals surface area (Å²) in [5.74, 6) is -1.22. The summed E-state index contributed by atoms with van der Waals surface area (Å²) < 4.78 is 5.29. The van der Waals surface area contributed by atoms with Gasteiger partial charge in [0.15, 0.2) is 5.17 Å². The lowest BCUT2D eigenvalue weighted by Gasteiger charge is -2.27. The van der Waals surface area contributed by atoms with Gasteiger partial charge in [-0.2, -0.15) is 4.99 Å². The smallest absolute Gasteiger partial charge is 0.335 e. The van der Waals surface area contributed by atoms with Gasteiger partial charge in [-0.05, 0) is 35.5 Å². The molecule has 114 valence electrons. The van der Waals surface area contributed by atoms with E-state index in [2.05, 4.69) is 4.99 Å². The second kappa shape index (κ2) is 6.33. The second-order valence-corrected chi connectivity index (χ2v) is 5.85. The van der Waals surface area contributed by atoms with Crippen LogP contribution in [-0.2, 0) is 9.53 Å². The third-order valence-corrected chi connectivity index (χ3v) is 4.39. The lowest BCUT2D eigenvalue weighted by Crippen LogP contribution is -2.38. The molecule has 0 bridgehead atoms. The first kappa shape index (κ1) is 14.8.